The van der Waals surface area contributed by atoms with Crippen LogP contribution in [-0.4, -0.2) is 47.4 Å². The molecule has 4 rings (SSSR count). The number of aliphatic carboxylic acids is 1. The molecule has 2 aromatic rings. The highest BCUT2D eigenvalue weighted by Gasteiger charge is 2.52. The number of hydrogen-bond acceptors (Lipinski definition) is 4. The minimum atomic E-state index is -1.09. The minimum absolute atomic E-state index is 0.179. The highest BCUT2D eigenvalue weighted by atomic mass is 35.5. The van der Waals surface area contributed by atoms with Gasteiger partial charge in [-0.15, -0.1) is 0 Å². The van der Waals surface area contributed by atoms with Gasteiger partial charge in [-0.25, -0.2) is 0 Å². The molecule has 7 nitrogen and oxygen atoms in total. The highest BCUT2D eigenvalue weighted by Crippen LogP contribution is 2.45. The van der Waals surface area contributed by atoms with Gasteiger partial charge >= 0.3 is 5.97 Å². The van der Waals surface area contributed by atoms with Gasteiger partial charge < -0.3 is 15.7 Å². The standard InChI is InChI=1S/C23H23Cl2N3O4/c24-16-5-1-3-14(9-16)11-23(18-7-6-17(25)10-19(18)27-22(23)32)28-8-2-4-15(13-28)21(31)26-12-20(29)30/h1,3,5-7,9-10,15H,2,4,8,11-13H2,(H,26,31)(H,27,32)(H,29,30). The lowest BCUT2D eigenvalue weighted by molar-refractivity contribution is -0.139. The number of carbonyl (C=O) groups is 3. The second kappa shape index (κ2) is 9.10. The van der Waals surface area contributed by atoms with Gasteiger partial charge in [-0.1, -0.05) is 41.4 Å². The normalized spacial score (nSPS) is 22.8. The topological polar surface area (TPSA) is 98.7 Å². The summed E-state index contributed by atoms with van der Waals surface area (Å²) in [5.41, 5.74) is 1.32. The smallest absolute Gasteiger partial charge is 0.322 e. The summed E-state index contributed by atoms with van der Waals surface area (Å²) < 4.78 is 0. The Morgan fingerprint density at radius 2 is 1.97 bits per heavy atom. The SMILES string of the molecule is O=C(O)CNC(=O)C1CCCN(C2(Cc3cccc(Cl)c3)C(=O)Nc3cc(Cl)ccc32)C1. The molecule has 3 N–H and O–H groups in total. The van der Waals surface area contributed by atoms with Crippen molar-refractivity contribution in [3.8, 4) is 0 Å². The first-order valence-electron chi connectivity index (χ1n) is 10.4. The first kappa shape index (κ1) is 22.6. The van der Waals surface area contributed by atoms with Crippen LogP contribution < -0.4 is 10.6 Å². The summed E-state index contributed by atoms with van der Waals surface area (Å²) in [6.45, 7) is 0.533. The quantitative estimate of drug-likeness (QED) is 0.595. The number of carbonyl (C=O) groups excluding carboxylic acids is 2. The van der Waals surface area contributed by atoms with E-state index in [0.29, 0.717) is 48.1 Å². The van der Waals surface area contributed by atoms with Crippen LogP contribution in [0, 0.1) is 5.92 Å². The molecule has 2 amide bonds. The van der Waals surface area contributed by atoms with Crippen molar-refractivity contribution in [1.82, 2.24) is 10.2 Å². The number of likely N-dealkylation sites (tertiary alicyclic amines) is 1. The summed E-state index contributed by atoms with van der Waals surface area (Å²) in [6.07, 6.45) is 1.71. The van der Waals surface area contributed by atoms with Crippen molar-refractivity contribution in [3.63, 3.8) is 0 Å². The Hall–Kier alpha value is -2.61. The van der Waals surface area contributed by atoms with Crippen molar-refractivity contribution in [3.05, 3.63) is 63.6 Å². The van der Waals surface area contributed by atoms with Crippen molar-refractivity contribution in [2.24, 2.45) is 5.92 Å². The zero-order valence-electron chi connectivity index (χ0n) is 17.2. The van der Waals surface area contributed by atoms with E-state index >= 15 is 0 Å². The second-order valence-corrected chi connectivity index (χ2v) is 9.08. The van der Waals surface area contributed by atoms with Crippen LogP contribution in [0.2, 0.25) is 10.0 Å². The molecular formula is C23H23Cl2N3O4. The summed E-state index contributed by atoms with van der Waals surface area (Å²) in [5, 5.41) is 15.4. The Balaban J connectivity index is 1.71. The summed E-state index contributed by atoms with van der Waals surface area (Å²) in [5.74, 6) is -2.00. The average Bonchev–Trinajstić information content (AvgIpc) is 3.03. The fourth-order valence-electron chi connectivity index (χ4n) is 4.72. The predicted molar refractivity (Wildman–Crippen MR) is 122 cm³/mol. The Morgan fingerprint density at radius 3 is 2.72 bits per heavy atom. The van der Waals surface area contributed by atoms with Crippen molar-refractivity contribution in [1.29, 1.82) is 0 Å². The molecule has 2 atom stereocenters. The molecule has 0 saturated carbocycles. The number of halogens is 2. The van der Waals surface area contributed by atoms with Gasteiger partial charge in [0.1, 0.15) is 12.1 Å². The molecule has 168 valence electrons. The van der Waals surface area contributed by atoms with Crippen LogP contribution in [0.3, 0.4) is 0 Å². The van der Waals surface area contributed by atoms with Crippen LogP contribution in [0.15, 0.2) is 42.5 Å². The summed E-state index contributed by atoms with van der Waals surface area (Å²) in [6, 6.07) is 12.7. The molecule has 1 fully saturated rings. The van der Waals surface area contributed by atoms with Crippen LogP contribution >= 0.6 is 23.2 Å². The van der Waals surface area contributed by atoms with Crippen LogP contribution in [0.25, 0.3) is 0 Å². The molecular weight excluding hydrogens is 453 g/mol. The van der Waals surface area contributed by atoms with E-state index in [1.165, 1.54) is 0 Å². The lowest BCUT2D eigenvalue weighted by Gasteiger charge is -2.44. The van der Waals surface area contributed by atoms with Crippen LogP contribution in [0.5, 0.6) is 0 Å². The molecule has 2 unspecified atom stereocenters. The first-order valence-corrected chi connectivity index (χ1v) is 11.2. The third-order valence-electron chi connectivity index (χ3n) is 6.15. The number of piperidine rings is 1. The molecule has 0 radical (unpaired) electrons. The number of benzene rings is 2. The Morgan fingerprint density at radius 1 is 1.19 bits per heavy atom. The molecule has 0 aromatic heterocycles. The number of carboxylic acid groups (broad SMARTS) is 1. The number of fused-ring (bicyclic) bond motifs is 1. The van der Waals surface area contributed by atoms with Gasteiger partial charge in [0.15, 0.2) is 0 Å². The van der Waals surface area contributed by atoms with E-state index < -0.39 is 24.0 Å². The maximum Gasteiger partial charge on any atom is 0.322 e. The Labute approximate surface area is 195 Å². The molecule has 0 bridgehead atoms. The van der Waals surface area contributed by atoms with Crippen LogP contribution in [0.4, 0.5) is 5.69 Å². The van der Waals surface area contributed by atoms with E-state index in [0.717, 1.165) is 11.1 Å². The van der Waals surface area contributed by atoms with Gasteiger partial charge in [0.25, 0.3) is 0 Å². The van der Waals surface area contributed by atoms with Gasteiger partial charge in [0.2, 0.25) is 11.8 Å². The monoisotopic (exact) mass is 475 g/mol. The number of nitrogens with one attached hydrogen (secondary N) is 2. The summed E-state index contributed by atoms with van der Waals surface area (Å²) in [4.78, 5) is 39.0. The third-order valence-corrected chi connectivity index (χ3v) is 6.62. The van der Waals surface area contributed by atoms with E-state index in [4.69, 9.17) is 28.3 Å². The predicted octanol–water partition coefficient (Wildman–Crippen LogP) is 3.30. The summed E-state index contributed by atoms with van der Waals surface area (Å²) >= 11 is 12.4. The largest absolute Gasteiger partial charge is 0.480 e. The molecule has 2 aliphatic rings. The number of nitrogens with zero attached hydrogens (tertiary/aromatic N) is 1. The van der Waals surface area contributed by atoms with Crippen LogP contribution in [0.1, 0.15) is 24.0 Å². The number of carboxylic acids is 1. The minimum Gasteiger partial charge on any atom is -0.480 e. The third kappa shape index (κ3) is 4.33. The maximum absolute atomic E-state index is 13.5. The summed E-state index contributed by atoms with van der Waals surface area (Å²) in [7, 11) is 0. The van der Waals surface area contributed by atoms with Gasteiger partial charge in [0.05, 0.1) is 5.92 Å². The second-order valence-electron chi connectivity index (χ2n) is 8.21. The van der Waals surface area contributed by atoms with E-state index in [-0.39, 0.29) is 11.8 Å². The average molecular weight is 476 g/mol. The number of rotatable bonds is 6. The van der Waals surface area contributed by atoms with E-state index in [1.54, 1.807) is 18.2 Å². The molecule has 1 saturated heterocycles. The van der Waals surface area contributed by atoms with Gasteiger partial charge in [-0.05, 0) is 49.2 Å². The van der Waals surface area contributed by atoms with Gasteiger partial charge in [0, 0.05) is 34.3 Å². The van der Waals surface area contributed by atoms with Crippen molar-refractivity contribution >= 4 is 46.7 Å². The lowest BCUT2D eigenvalue weighted by atomic mass is 9.80. The molecule has 32 heavy (non-hydrogen) atoms. The fourth-order valence-corrected chi connectivity index (χ4v) is 5.10. The van der Waals surface area contributed by atoms with Gasteiger partial charge in [-0.2, -0.15) is 0 Å². The first-order chi connectivity index (χ1) is 15.3. The Kier molecular flexibility index (Phi) is 6.42. The van der Waals surface area contributed by atoms with Crippen molar-refractivity contribution < 1.29 is 19.5 Å². The van der Waals surface area contributed by atoms with E-state index in [2.05, 4.69) is 10.6 Å². The van der Waals surface area contributed by atoms with Crippen LogP contribution in [-0.2, 0) is 26.3 Å². The maximum atomic E-state index is 13.5. The molecule has 2 heterocycles. The molecule has 2 aromatic carbocycles. The number of hydrogen-bond donors (Lipinski definition) is 3. The van der Waals surface area contributed by atoms with Crippen molar-refractivity contribution in [2.45, 2.75) is 24.8 Å². The van der Waals surface area contributed by atoms with E-state index in [1.807, 2.05) is 29.2 Å². The highest BCUT2D eigenvalue weighted by molar-refractivity contribution is 6.31. The molecule has 2 aliphatic heterocycles. The lowest BCUT2D eigenvalue weighted by Crippen LogP contribution is -2.57. The zero-order valence-corrected chi connectivity index (χ0v) is 18.7. The van der Waals surface area contributed by atoms with Crippen molar-refractivity contribution in [2.75, 3.05) is 25.0 Å². The molecule has 0 spiro atoms. The molecule has 9 heteroatoms. The fraction of sp³-hybridized carbons (Fsp3) is 0.348. The molecule has 0 aliphatic carbocycles. The van der Waals surface area contributed by atoms with Gasteiger partial charge in [-0.3, -0.25) is 19.3 Å². The van der Waals surface area contributed by atoms with E-state index in [9.17, 15) is 14.4 Å². The zero-order chi connectivity index (χ0) is 22.9. The number of anilines is 1. The Bertz CT molecular complexity index is 1080. The number of amides is 2.